The number of sulfonamides is 1. The smallest absolute Gasteiger partial charge is 0.303 e. The number of hydrogen-bond donors (Lipinski definition) is 1. The van der Waals surface area contributed by atoms with Crippen LogP contribution in [0.4, 0.5) is 13.2 Å². The van der Waals surface area contributed by atoms with E-state index in [4.69, 9.17) is 11.6 Å². The molecule has 0 spiro atoms. The van der Waals surface area contributed by atoms with Crippen LogP contribution < -0.4 is 4.72 Å². The normalized spacial score (nSPS) is 17.8. The lowest BCUT2D eigenvalue weighted by Crippen LogP contribution is -2.44. The fourth-order valence-electron chi connectivity index (χ4n) is 2.82. The van der Waals surface area contributed by atoms with Crippen LogP contribution in [-0.4, -0.2) is 39.0 Å². The highest BCUT2D eigenvalue weighted by atomic mass is 35.5. The van der Waals surface area contributed by atoms with Gasteiger partial charge in [-0.25, -0.2) is 13.1 Å². The van der Waals surface area contributed by atoms with Gasteiger partial charge in [-0.3, -0.25) is 0 Å². The Morgan fingerprint density at radius 1 is 1.28 bits per heavy atom. The molecule has 1 N–H and O–H groups in total. The van der Waals surface area contributed by atoms with E-state index in [0.29, 0.717) is 18.9 Å². The summed E-state index contributed by atoms with van der Waals surface area (Å²) >= 11 is 5.83. The largest absolute Gasteiger partial charge is 0.416 e. The van der Waals surface area contributed by atoms with Gasteiger partial charge >= 0.3 is 6.18 Å². The van der Waals surface area contributed by atoms with Crippen molar-refractivity contribution in [2.24, 2.45) is 0 Å². The summed E-state index contributed by atoms with van der Waals surface area (Å²) in [6, 6.07) is 2.02. The molecule has 0 aromatic heterocycles. The van der Waals surface area contributed by atoms with E-state index in [2.05, 4.69) is 16.5 Å². The first kappa shape index (κ1) is 20.5. The van der Waals surface area contributed by atoms with Crippen molar-refractivity contribution in [3.05, 3.63) is 28.8 Å². The summed E-state index contributed by atoms with van der Waals surface area (Å²) in [4.78, 5) is 1.74. The van der Waals surface area contributed by atoms with Crippen LogP contribution in [0.25, 0.3) is 0 Å². The molecule has 0 atom stereocenters. The van der Waals surface area contributed by atoms with E-state index >= 15 is 0 Å². The average molecular weight is 399 g/mol. The van der Waals surface area contributed by atoms with Crippen LogP contribution in [0.5, 0.6) is 0 Å². The van der Waals surface area contributed by atoms with Gasteiger partial charge in [-0.2, -0.15) is 13.2 Å². The molecule has 25 heavy (non-hydrogen) atoms. The standard InChI is InChI=1S/C16H22ClF3N2O2S/c1-2-3-8-22-9-6-13(7-10-22)21-25(23,24)15-11-12(16(18,19)20)4-5-14(15)17/h4-5,11,13,21H,2-3,6-10H2,1H3. The van der Waals surface area contributed by atoms with Gasteiger partial charge in [-0.15, -0.1) is 0 Å². The minimum absolute atomic E-state index is 0.221. The Hall–Kier alpha value is -0.830. The van der Waals surface area contributed by atoms with Gasteiger partial charge in [0.1, 0.15) is 4.90 Å². The molecule has 0 bridgehead atoms. The van der Waals surface area contributed by atoms with Crippen molar-refractivity contribution in [2.75, 3.05) is 19.6 Å². The highest BCUT2D eigenvalue weighted by Crippen LogP contribution is 2.33. The number of nitrogens with one attached hydrogen (secondary N) is 1. The van der Waals surface area contributed by atoms with Gasteiger partial charge in [0, 0.05) is 6.04 Å². The maximum Gasteiger partial charge on any atom is 0.416 e. The van der Waals surface area contributed by atoms with Crippen LogP contribution in [0.1, 0.15) is 38.2 Å². The Morgan fingerprint density at radius 2 is 1.92 bits per heavy atom. The molecule has 1 saturated heterocycles. The van der Waals surface area contributed by atoms with Crippen LogP contribution >= 0.6 is 11.6 Å². The number of hydrogen-bond acceptors (Lipinski definition) is 3. The van der Waals surface area contributed by atoms with E-state index in [9.17, 15) is 21.6 Å². The van der Waals surface area contributed by atoms with Crippen molar-refractivity contribution in [2.45, 2.75) is 49.7 Å². The van der Waals surface area contributed by atoms with Crippen molar-refractivity contribution in [1.29, 1.82) is 0 Å². The quantitative estimate of drug-likeness (QED) is 0.790. The molecule has 1 heterocycles. The Labute approximate surface area is 151 Å². The van der Waals surface area contributed by atoms with Crippen molar-refractivity contribution >= 4 is 21.6 Å². The second-order valence-corrected chi connectivity index (χ2v) is 8.32. The second kappa shape index (κ2) is 8.24. The van der Waals surface area contributed by atoms with Crippen molar-refractivity contribution in [3.8, 4) is 0 Å². The monoisotopic (exact) mass is 398 g/mol. The Bertz CT molecular complexity index is 687. The summed E-state index contributed by atoms with van der Waals surface area (Å²) in [5, 5.41) is -0.221. The fraction of sp³-hybridized carbons (Fsp3) is 0.625. The lowest BCUT2D eigenvalue weighted by molar-refractivity contribution is -0.137. The van der Waals surface area contributed by atoms with E-state index in [0.717, 1.165) is 44.6 Å². The molecule has 1 aromatic rings. The zero-order valence-electron chi connectivity index (χ0n) is 13.9. The van der Waals surface area contributed by atoms with E-state index < -0.39 is 26.7 Å². The number of unbranched alkanes of at least 4 members (excludes halogenated alkanes) is 1. The van der Waals surface area contributed by atoms with Crippen molar-refractivity contribution in [3.63, 3.8) is 0 Å². The van der Waals surface area contributed by atoms with Gasteiger partial charge < -0.3 is 4.90 Å². The molecule has 0 unspecified atom stereocenters. The Morgan fingerprint density at radius 3 is 2.48 bits per heavy atom. The van der Waals surface area contributed by atoms with Crippen LogP contribution in [0.15, 0.2) is 23.1 Å². The summed E-state index contributed by atoms with van der Waals surface area (Å²) in [7, 11) is -4.11. The predicted octanol–water partition coefficient (Wildman–Crippen LogP) is 3.90. The summed E-state index contributed by atoms with van der Waals surface area (Å²) < 4.78 is 65.9. The van der Waals surface area contributed by atoms with Gasteiger partial charge in [0.25, 0.3) is 0 Å². The number of alkyl halides is 3. The summed E-state index contributed by atoms with van der Waals surface area (Å²) in [6.07, 6.45) is -1.19. The molecule has 0 saturated carbocycles. The number of halogens is 4. The van der Waals surface area contributed by atoms with Crippen molar-refractivity contribution < 1.29 is 21.6 Å². The van der Waals surface area contributed by atoms with Gasteiger partial charge in [-0.1, -0.05) is 24.9 Å². The molecule has 142 valence electrons. The summed E-state index contributed by atoms with van der Waals surface area (Å²) in [5.74, 6) is 0. The lowest BCUT2D eigenvalue weighted by atomic mass is 10.1. The minimum Gasteiger partial charge on any atom is -0.303 e. The Balaban J connectivity index is 2.08. The van der Waals surface area contributed by atoms with Gasteiger partial charge in [0.05, 0.1) is 10.6 Å². The maximum absolute atomic E-state index is 12.8. The average Bonchev–Trinajstić information content (AvgIpc) is 2.53. The maximum atomic E-state index is 12.8. The number of likely N-dealkylation sites (tertiary alicyclic amines) is 1. The first-order chi connectivity index (χ1) is 11.6. The molecule has 0 aliphatic carbocycles. The van der Waals surface area contributed by atoms with Crippen LogP contribution in [0, 0.1) is 0 Å². The molecule has 0 amide bonds. The van der Waals surface area contributed by atoms with E-state index in [1.807, 2.05) is 0 Å². The molecule has 2 rings (SSSR count). The topological polar surface area (TPSA) is 49.4 Å². The van der Waals surface area contributed by atoms with Gasteiger partial charge in [0.2, 0.25) is 10.0 Å². The van der Waals surface area contributed by atoms with E-state index in [-0.39, 0.29) is 11.1 Å². The van der Waals surface area contributed by atoms with Crippen molar-refractivity contribution in [1.82, 2.24) is 9.62 Å². The summed E-state index contributed by atoms with van der Waals surface area (Å²) in [6.45, 7) is 4.63. The molecule has 1 aliphatic heterocycles. The molecule has 1 fully saturated rings. The third-order valence-corrected chi connectivity index (χ3v) is 6.29. The first-order valence-corrected chi connectivity index (χ1v) is 10.1. The van der Waals surface area contributed by atoms with Gasteiger partial charge in [-0.05, 0) is 57.1 Å². The number of benzene rings is 1. The Kier molecular flexibility index (Phi) is 6.75. The number of nitrogens with zero attached hydrogens (tertiary/aromatic N) is 1. The third kappa shape index (κ3) is 5.57. The fourth-order valence-corrected chi connectivity index (χ4v) is 4.66. The number of rotatable bonds is 6. The predicted molar refractivity (Wildman–Crippen MR) is 91.1 cm³/mol. The second-order valence-electron chi connectivity index (χ2n) is 6.23. The molecule has 1 aromatic carbocycles. The summed E-state index contributed by atoms with van der Waals surface area (Å²) in [5.41, 5.74) is -1.04. The number of piperidine rings is 1. The zero-order valence-corrected chi connectivity index (χ0v) is 15.5. The molecule has 4 nitrogen and oxygen atoms in total. The zero-order chi connectivity index (χ0) is 18.7. The third-order valence-electron chi connectivity index (χ3n) is 4.29. The molecule has 9 heteroatoms. The minimum atomic E-state index is -4.63. The highest BCUT2D eigenvalue weighted by molar-refractivity contribution is 7.89. The van der Waals surface area contributed by atoms with E-state index in [1.165, 1.54) is 0 Å². The van der Waals surface area contributed by atoms with Crippen LogP contribution in [-0.2, 0) is 16.2 Å². The molecular weight excluding hydrogens is 377 g/mol. The molecule has 0 radical (unpaired) electrons. The van der Waals surface area contributed by atoms with Gasteiger partial charge in [0.15, 0.2) is 0 Å². The first-order valence-electron chi connectivity index (χ1n) is 8.25. The van der Waals surface area contributed by atoms with E-state index in [1.54, 1.807) is 0 Å². The highest BCUT2D eigenvalue weighted by Gasteiger charge is 2.33. The lowest BCUT2D eigenvalue weighted by Gasteiger charge is -2.32. The van der Waals surface area contributed by atoms with Crippen LogP contribution in [0.2, 0.25) is 5.02 Å². The SMILES string of the molecule is CCCCN1CCC(NS(=O)(=O)c2cc(C(F)(F)F)ccc2Cl)CC1. The van der Waals surface area contributed by atoms with Crippen LogP contribution in [0.3, 0.4) is 0 Å². The molecule has 1 aliphatic rings. The molecular formula is C16H22ClF3N2O2S.